The lowest BCUT2D eigenvalue weighted by Crippen LogP contribution is -2.40. The Morgan fingerprint density at radius 3 is 3.05 bits per heavy atom. The van der Waals surface area contributed by atoms with Crippen LogP contribution in [-0.4, -0.2) is 40.8 Å². The van der Waals surface area contributed by atoms with Crippen molar-refractivity contribution < 1.29 is 14.1 Å². The molecule has 6 nitrogen and oxygen atoms in total. The average Bonchev–Trinajstić information content (AvgIpc) is 3.20. The van der Waals surface area contributed by atoms with Gasteiger partial charge in [0.2, 0.25) is 5.89 Å². The number of likely N-dealkylation sites (tertiary alicyclic amines) is 1. The number of nitrogens with zero attached hydrogens (tertiary/aromatic N) is 3. The summed E-state index contributed by atoms with van der Waals surface area (Å²) < 4.78 is 10.4. The number of carbonyl (C=O) groups excluding carboxylic acids is 1. The van der Waals surface area contributed by atoms with Gasteiger partial charge >= 0.3 is 6.09 Å². The quantitative estimate of drug-likeness (QED) is 0.846. The molecule has 1 atom stereocenters. The van der Waals surface area contributed by atoms with Gasteiger partial charge in [-0.05, 0) is 38.5 Å². The Hall–Kier alpha value is -1.59. The van der Waals surface area contributed by atoms with E-state index >= 15 is 0 Å². The van der Waals surface area contributed by atoms with Crippen molar-refractivity contribution in [1.29, 1.82) is 0 Å². The molecule has 2 fully saturated rings. The molecule has 1 aliphatic carbocycles. The second-order valence-electron chi connectivity index (χ2n) is 5.68. The van der Waals surface area contributed by atoms with Gasteiger partial charge in [-0.3, -0.25) is 0 Å². The smallest absolute Gasteiger partial charge is 0.409 e. The summed E-state index contributed by atoms with van der Waals surface area (Å²) in [5, 5.41) is 4.04. The summed E-state index contributed by atoms with van der Waals surface area (Å²) in [6.45, 7) is 3.76. The minimum Gasteiger partial charge on any atom is -0.450 e. The first-order chi connectivity index (χ1) is 9.76. The second-order valence-corrected chi connectivity index (χ2v) is 5.68. The summed E-state index contributed by atoms with van der Waals surface area (Å²) in [7, 11) is 0. The molecule has 1 aliphatic heterocycles. The maximum Gasteiger partial charge on any atom is 0.409 e. The monoisotopic (exact) mass is 279 g/mol. The van der Waals surface area contributed by atoms with Gasteiger partial charge in [0.05, 0.1) is 6.61 Å². The molecule has 2 aliphatic rings. The van der Waals surface area contributed by atoms with Gasteiger partial charge in [-0.15, -0.1) is 0 Å². The zero-order valence-corrected chi connectivity index (χ0v) is 11.9. The highest BCUT2D eigenvalue weighted by Gasteiger charge is 2.30. The van der Waals surface area contributed by atoms with E-state index in [1.807, 2.05) is 6.92 Å². The van der Waals surface area contributed by atoms with Crippen molar-refractivity contribution in [3.63, 3.8) is 0 Å². The van der Waals surface area contributed by atoms with E-state index in [2.05, 4.69) is 10.1 Å². The minimum atomic E-state index is -0.207. The standard InChI is InChI=1S/C14H21N3O3/c1-2-19-14(18)17-7-3-4-10(9-17)8-12-15-13(16-20-12)11-5-6-11/h10-11H,2-9H2,1H3/t10-/m1/s1. The average molecular weight is 279 g/mol. The fourth-order valence-electron chi connectivity index (χ4n) is 2.72. The lowest BCUT2D eigenvalue weighted by Gasteiger charge is -2.31. The SMILES string of the molecule is CCOC(=O)N1CCC[C@H](Cc2nc(C3CC3)no2)C1. The third-order valence-electron chi connectivity index (χ3n) is 3.93. The molecule has 110 valence electrons. The summed E-state index contributed by atoms with van der Waals surface area (Å²) in [6.07, 6.45) is 5.01. The van der Waals surface area contributed by atoms with Crippen molar-refractivity contribution in [3.05, 3.63) is 11.7 Å². The highest BCUT2D eigenvalue weighted by molar-refractivity contribution is 5.67. The number of hydrogen-bond donors (Lipinski definition) is 0. The maximum absolute atomic E-state index is 11.8. The van der Waals surface area contributed by atoms with Crippen molar-refractivity contribution >= 4 is 6.09 Å². The molecule has 1 aromatic heterocycles. The molecule has 1 saturated heterocycles. The third-order valence-corrected chi connectivity index (χ3v) is 3.93. The van der Waals surface area contributed by atoms with Crippen LogP contribution >= 0.6 is 0 Å². The van der Waals surface area contributed by atoms with Crippen molar-refractivity contribution in [2.24, 2.45) is 5.92 Å². The van der Waals surface area contributed by atoms with Crippen LogP contribution in [0, 0.1) is 5.92 Å². The van der Waals surface area contributed by atoms with Gasteiger partial charge in [-0.1, -0.05) is 5.16 Å². The fraction of sp³-hybridized carbons (Fsp3) is 0.786. The van der Waals surface area contributed by atoms with Crippen molar-refractivity contribution in [1.82, 2.24) is 15.0 Å². The highest BCUT2D eigenvalue weighted by Crippen LogP contribution is 2.38. The zero-order valence-electron chi connectivity index (χ0n) is 11.9. The number of carbonyl (C=O) groups is 1. The van der Waals surface area contributed by atoms with E-state index in [0.29, 0.717) is 24.3 Å². The van der Waals surface area contributed by atoms with Crippen LogP contribution in [0.25, 0.3) is 0 Å². The fourth-order valence-corrected chi connectivity index (χ4v) is 2.72. The first-order valence-corrected chi connectivity index (χ1v) is 7.50. The zero-order chi connectivity index (χ0) is 13.9. The number of rotatable bonds is 4. The van der Waals surface area contributed by atoms with E-state index in [-0.39, 0.29) is 6.09 Å². The summed E-state index contributed by atoms with van der Waals surface area (Å²) in [6, 6.07) is 0. The van der Waals surface area contributed by atoms with Crippen LogP contribution in [0.2, 0.25) is 0 Å². The van der Waals surface area contributed by atoms with E-state index in [1.165, 1.54) is 12.8 Å². The first-order valence-electron chi connectivity index (χ1n) is 7.50. The Morgan fingerprint density at radius 2 is 2.30 bits per heavy atom. The van der Waals surface area contributed by atoms with Crippen LogP contribution in [0.4, 0.5) is 4.79 Å². The number of aromatic nitrogens is 2. The van der Waals surface area contributed by atoms with Gasteiger partial charge in [-0.2, -0.15) is 4.98 Å². The predicted molar refractivity (Wildman–Crippen MR) is 71.3 cm³/mol. The van der Waals surface area contributed by atoms with Gasteiger partial charge in [0, 0.05) is 25.4 Å². The lowest BCUT2D eigenvalue weighted by molar-refractivity contribution is 0.0871. The Labute approximate surface area is 118 Å². The second kappa shape index (κ2) is 5.81. The van der Waals surface area contributed by atoms with E-state index in [0.717, 1.165) is 38.2 Å². The highest BCUT2D eigenvalue weighted by atomic mass is 16.6. The van der Waals surface area contributed by atoms with Crippen LogP contribution in [0.5, 0.6) is 0 Å². The number of piperidine rings is 1. The van der Waals surface area contributed by atoms with Gasteiger partial charge in [0.15, 0.2) is 5.82 Å². The molecule has 1 aromatic rings. The molecule has 20 heavy (non-hydrogen) atoms. The Morgan fingerprint density at radius 1 is 1.45 bits per heavy atom. The molecule has 1 saturated carbocycles. The van der Waals surface area contributed by atoms with Crippen LogP contribution in [0.1, 0.15) is 50.2 Å². The molecule has 0 aromatic carbocycles. The van der Waals surface area contributed by atoms with Crippen molar-refractivity contribution in [3.8, 4) is 0 Å². The van der Waals surface area contributed by atoms with Crippen LogP contribution in [-0.2, 0) is 11.2 Å². The molecule has 0 N–H and O–H groups in total. The molecular formula is C14H21N3O3. The van der Waals surface area contributed by atoms with Gasteiger partial charge in [-0.25, -0.2) is 4.79 Å². The van der Waals surface area contributed by atoms with Crippen LogP contribution in [0.3, 0.4) is 0 Å². The van der Waals surface area contributed by atoms with Crippen LogP contribution in [0.15, 0.2) is 4.52 Å². The largest absolute Gasteiger partial charge is 0.450 e. The normalized spacial score (nSPS) is 22.9. The number of ether oxygens (including phenoxy) is 1. The molecule has 0 radical (unpaired) electrons. The number of amides is 1. The van der Waals surface area contributed by atoms with E-state index in [9.17, 15) is 4.79 Å². The Balaban J connectivity index is 1.54. The van der Waals surface area contributed by atoms with Gasteiger partial charge < -0.3 is 14.2 Å². The van der Waals surface area contributed by atoms with Crippen molar-refractivity contribution in [2.45, 2.75) is 44.9 Å². The third kappa shape index (κ3) is 3.11. The Bertz CT molecular complexity index is 470. The summed E-state index contributed by atoms with van der Waals surface area (Å²) in [5.41, 5.74) is 0. The maximum atomic E-state index is 11.8. The minimum absolute atomic E-state index is 0.207. The van der Waals surface area contributed by atoms with E-state index in [1.54, 1.807) is 4.90 Å². The molecular weight excluding hydrogens is 258 g/mol. The Kier molecular flexibility index (Phi) is 3.89. The molecule has 6 heteroatoms. The van der Waals surface area contributed by atoms with Crippen LogP contribution < -0.4 is 0 Å². The molecule has 1 amide bonds. The first kappa shape index (κ1) is 13.4. The molecule has 2 heterocycles. The summed E-state index contributed by atoms with van der Waals surface area (Å²) >= 11 is 0. The van der Waals surface area contributed by atoms with E-state index < -0.39 is 0 Å². The predicted octanol–water partition coefficient (Wildman–Crippen LogP) is 2.36. The van der Waals surface area contributed by atoms with Crippen molar-refractivity contribution in [2.75, 3.05) is 19.7 Å². The summed E-state index contributed by atoms with van der Waals surface area (Å²) in [4.78, 5) is 18.0. The molecule has 0 spiro atoms. The van der Waals surface area contributed by atoms with Gasteiger partial charge in [0.25, 0.3) is 0 Å². The lowest BCUT2D eigenvalue weighted by atomic mass is 9.95. The number of hydrogen-bond acceptors (Lipinski definition) is 5. The molecule has 3 rings (SSSR count). The van der Waals surface area contributed by atoms with Gasteiger partial charge in [0.1, 0.15) is 0 Å². The topological polar surface area (TPSA) is 68.5 Å². The molecule has 0 bridgehead atoms. The molecule has 0 unspecified atom stereocenters. The summed E-state index contributed by atoms with van der Waals surface area (Å²) in [5.74, 6) is 2.48. The van der Waals surface area contributed by atoms with E-state index in [4.69, 9.17) is 9.26 Å².